The average molecular weight is 497 g/mol. The molecule has 7 nitrogen and oxygen atoms in total. The molecule has 0 amide bonds. The van der Waals surface area contributed by atoms with Crippen molar-refractivity contribution in [1.29, 1.82) is 0 Å². The number of unbranched alkanes of at least 4 members (excludes halogenated alkanes) is 1. The molecule has 0 aliphatic rings. The molecule has 0 spiro atoms. The number of nitrogens with one attached hydrogen (secondary N) is 2. The Kier molecular flexibility index (Phi) is 6.98. The normalized spacial score (nSPS) is 12.2. The number of hydrogen-bond donors (Lipinski definition) is 2. The first-order valence-electron chi connectivity index (χ1n) is 13.1. The summed E-state index contributed by atoms with van der Waals surface area (Å²) in [5, 5.41) is 18.7. The topological polar surface area (TPSA) is 82.7 Å². The van der Waals surface area contributed by atoms with Crippen molar-refractivity contribution >= 4 is 21.7 Å². The Labute approximate surface area is 218 Å². The molecule has 5 aromatic rings. The Morgan fingerprint density at radius 1 is 0.865 bits per heavy atom. The molecule has 0 radical (unpaired) electrons. The fourth-order valence-electron chi connectivity index (χ4n) is 4.42. The molecular formula is C30H36N6O. The van der Waals surface area contributed by atoms with Gasteiger partial charge in [-0.15, -0.1) is 0 Å². The maximum atomic E-state index is 6.03. The molecule has 0 saturated carbocycles. The largest absolute Gasteiger partial charge is 0.492 e. The van der Waals surface area contributed by atoms with Crippen LogP contribution in [0.2, 0.25) is 0 Å². The molecule has 2 aromatic heterocycles. The van der Waals surface area contributed by atoms with E-state index in [9.17, 15) is 0 Å². The summed E-state index contributed by atoms with van der Waals surface area (Å²) in [5.41, 5.74) is 3.84. The second-order valence-corrected chi connectivity index (χ2v) is 10.8. The van der Waals surface area contributed by atoms with Crippen molar-refractivity contribution in [3.8, 4) is 28.4 Å². The minimum Gasteiger partial charge on any atom is -0.492 e. The summed E-state index contributed by atoms with van der Waals surface area (Å²) in [6.45, 7) is 11.3. The van der Waals surface area contributed by atoms with Gasteiger partial charge in [-0.25, -0.2) is 4.98 Å². The van der Waals surface area contributed by atoms with E-state index in [1.807, 2.05) is 12.1 Å². The third-order valence-corrected chi connectivity index (χ3v) is 6.74. The van der Waals surface area contributed by atoms with Crippen LogP contribution in [-0.4, -0.2) is 57.0 Å². The first-order chi connectivity index (χ1) is 17.8. The summed E-state index contributed by atoms with van der Waals surface area (Å²) in [6, 6.07) is 18.9. The highest BCUT2D eigenvalue weighted by Gasteiger charge is 2.20. The van der Waals surface area contributed by atoms with Crippen molar-refractivity contribution in [1.82, 2.24) is 30.3 Å². The van der Waals surface area contributed by atoms with Crippen molar-refractivity contribution in [2.75, 3.05) is 26.7 Å². The van der Waals surface area contributed by atoms with Crippen LogP contribution in [0.25, 0.3) is 44.3 Å². The summed E-state index contributed by atoms with van der Waals surface area (Å²) < 4.78 is 6.03. The minimum atomic E-state index is -0.0862. The van der Waals surface area contributed by atoms with E-state index in [2.05, 4.69) is 103 Å². The number of aromatic amines is 2. The predicted octanol–water partition coefficient (Wildman–Crippen LogP) is 6.58. The molecule has 7 heteroatoms. The molecule has 0 fully saturated rings. The Bertz CT molecular complexity index is 1510. The van der Waals surface area contributed by atoms with E-state index < -0.39 is 0 Å². The fourth-order valence-corrected chi connectivity index (χ4v) is 4.42. The lowest BCUT2D eigenvalue weighted by atomic mass is 9.96. The zero-order valence-corrected chi connectivity index (χ0v) is 22.4. The highest BCUT2D eigenvalue weighted by atomic mass is 16.5. The second-order valence-electron chi connectivity index (χ2n) is 10.8. The van der Waals surface area contributed by atoms with Crippen molar-refractivity contribution in [2.45, 2.75) is 46.0 Å². The second kappa shape index (κ2) is 10.3. The van der Waals surface area contributed by atoms with Gasteiger partial charge < -0.3 is 9.64 Å². The van der Waals surface area contributed by atoms with Crippen LogP contribution in [0.15, 0.2) is 54.6 Å². The first kappa shape index (κ1) is 25.0. The van der Waals surface area contributed by atoms with Gasteiger partial charge in [0, 0.05) is 28.5 Å². The molecule has 5 rings (SSSR count). The van der Waals surface area contributed by atoms with Gasteiger partial charge in [0.05, 0.1) is 11.2 Å². The molecule has 0 unspecified atom stereocenters. The summed E-state index contributed by atoms with van der Waals surface area (Å²) in [5.74, 6) is 2.47. The number of hydrogen-bond acceptors (Lipinski definition) is 5. The third kappa shape index (κ3) is 5.52. The van der Waals surface area contributed by atoms with Crippen molar-refractivity contribution in [2.24, 2.45) is 0 Å². The molecule has 37 heavy (non-hydrogen) atoms. The number of likely N-dealkylation sites (N-methyl/N-ethyl adjacent to an activating group) is 1. The van der Waals surface area contributed by atoms with E-state index in [1.165, 1.54) is 12.8 Å². The lowest BCUT2D eigenvalue weighted by molar-refractivity contribution is 0.235. The minimum absolute atomic E-state index is 0.0862. The number of rotatable bonds is 9. The van der Waals surface area contributed by atoms with Crippen LogP contribution in [0.4, 0.5) is 0 Å². The standard InChI is InChI=1S/C30H36N6O/c1-6-7-14-36(5)15-16-37-24-12-10-20-17-22(9-8-21(20)18-24)27-25-19-23(11-13-26(25)32-33-27)28-31-29(35-34-28)30(2,3)4/h8-13,17-19H,6-7,14-16H2,1-5H3,(H,32,33)(H,31,34,35). The van der Waals surface area contributed by atoms with E-state index in [-0.39, 0.29) is 5.41 Å². The van der Waals surface area contributed by atoms with Gasteiger partial charge in [-0.1, -0.05) is 52.3 Å². The first-order valence-corrected chi connectivity index (χ1v) is 13.1. The van der Waals surface area contributed by atoms with Crippen LogP contribution >= 0.6 is 0 Å². The SMILES string of the molecule is CCCCN(C)CCOc1ccc2cc(-c3n[nH]c4ccc(-c5n[nH]c(C(C)(C)C)n5)cc34)ccc2c1. The lowest BCUT2D eigenvalue weighted by Crippen LogP contribution is -2.25. The summed E-state index contributed by atoms with van der Waals surface area (Å²) in [4.78, 5) is 7.05. The highest BCUT2D eigenvalue weighted by molar-refractivity contribution is 5.97. The number of fused-ring (bicyclic) bond motifs is 2. The van der Waals surface area contributed by atoms with Crippen LogP contribution in [0.5, 0.6) is 5.75 Å². The van der Waals surface area contributed by atoms with Crippen molar-refractivity contribution < 1.29 is 4.74 Å². The van der Waals surface area contributed by atoms with Crippen LogP contribution in [0, 0.1) is 0 Å². The molecule has 0 aliphatic carbocycles. The monoisotopic (exact) mass is 496 g/mol. The molecule has 2 N–H and O–H groups in total. The number of H-pyrrole nitrogens is 2. The molecule has 0 atom stereocenters. The Hall–Kier alpha value is -3.71. The predicted molar refractivity (Wildman–Crippen MR) is 151 cm³/mol. The maximum absolute atomic E-state index is 6.03. The Balaban J connectivity index is 1.37. The number of aromatic nitrogens is 5. The average Bonchev–Trinajstić information content (AvgIpc) is 3.54. The van der Waals surface area contributed by atoms with Crippen molar-refractivity contribution in [3.63, 3.8) is 0 Å². The third-order valence-electron chi connectivity index (χ3n) is 6.74. The molecular weight excluding hydrogens is 460 g/mol. The summed E-state index contributed by atoms with van der Waals surface area (Å²) in [6.07, 6.45) is 2.44. The number of benzene rings is 3. The molecule has 3 aromatic carbocycles. The Morgan fingerprint density at radius 3 is 2.43 bits per heavy atom. The van der Waals surface area contributed by atoms with Crippen LogP contribution in [0.1, 0.15) is 46.4 Å². The van der Waals surface area contributed by atoms with E-state index >= 15 is 0 Å². The zero-order valence-electron chi connectivity index (χ0n) is 22.4. The molecule has 0 saturated heterocycles. The molecule has 0 aliphatic heterocycles. The van der Waals surface area contributed by atoms with Crippen LogP contribution < -0.4 is 4.74 Å². The van der Waals surface area contributed by atoms with E-state index in [0.717, 1.165) is 63.2 Å². The fraction of sp³-hybridized carbons (Fsp3) is 0.367. The number of ether oxygens (including phenoxy) is 1. The van der Waals surface area contributed by atoms with Gasteiger partial charge in [-0.05, 0) is 67.2 Å². The van der Waals surface area contributed by atoms with Crippen molar-refractivity contribution in [3.05, 3.63) is 60.4 Å². The van der Waals surface area contributed by atoms with Gasteiger partial charge >= 0.3 is 0 Å². The van der Waals surface area contributed by atoms with Gasteiger partial charge in [0.1, 0.15) is 18.2 Å². The quantitative estimate of drug-likeness (QED) is 0.241. The van der Waals surface area contributed by atoms with Gasteiger partial charge in [0.15, 0.2) is 5.82 Å². The lowest BCUT2D eigenvalue weighted by Gasteiger charge is -2.16. The van der Waals surface area contributed by atoms with E-state index in [4.69, 9.17) is 9.72 Å². The molecule has 0 bridgehead atoms. The zero-order chi connectivity index (χ0) is 26.0. The van der Waals surface area contributed by atoms with E-state index in [0.29, 0.717) is 12.4 Å². The highest BCUT2D eigenvalue weighted by Crippen LogP contribution is 2.32. The number of nitrogens with zero attached hydrogens (tertiary/aromatic N) is 4. The van der Waals surface area contributed by atoms with E-state index in [1.54, 1.807) is 0 Å². The molecule has 192 valence electrons. The smallest absolute Gasteiger partial charge is 0.181 e. The van der Waals surface area contributed by atoms with Crippen LogP contribution in [-0.2, 0) is 5.41 Å². The van der Waals surface area contributed by atoms with Gasteiger partial charge in [-0.2, -0.15) is 10.2 Å². The van der Waals surface area contributed by atoms with Crippen LogP contribution in [0.3, 0.4) is 0 Å². The summed E-state index contributed by atoms with van der Waals surface area (Å²) >= 11 is 0. The van der Waals surface area contributed by atoms with Gasteiger partial charge in [0.2, 0.25) is 0 Å². The van der Waals surface area contributed by atoms with Gasteiger partial charge in [0.25, 0.3) is 0 Å². The van der Waals surface area contributed by atoms with Gasteiger partial charge in [-0.3, -0.25) is 10.2 Å². The summed E-state index contributed by atoms with van der Waals surface area (Å²) in [7, 11) is 2.15. The Morgan fingerprint density at radius 2 is 1.65 bits per heavy atom. The maximum Gasteiger partial charge on any atom is 0.181 e. The molecule has 2 heterocycles.